The Morgan fingerprint density at radius 1 is 1.21 bits per heavy atom. The van der Waals surface area contributed by atoms with Crippen LogP contribution in [-0.4, -0.2) is 68.2 Å². The number of H-pyrrole nitrogens is 1. The largest absolute Gasteiger partial charge is 0.491 e. The number of carbonyl (C=O) groups is 3. The summed E-state index contributed by atoms with van der Waals surface area (Å²) in [5, 5.41) is 15.3. The number of hydrogen-bond donors (Lipinski definition) is 5. The van der Waals surface area contributed by atoms with E-state index in [4.69, 9.17) is 15.6 Å². The van der Waals surface area contributed by atoms with Gasteiger partial charge in [0.05, 0.1) is 18.8 Å². The number of benzene rings is 2. The van der Waals surface area contributed by atoms with Crippen LogP contribution in [-0.2, 0) is 9.59 Å². The summed E-state index contributed by atoms with van der Waals surface area (Å²) in [6.07, 6.45) is 3.15. The summed E-state index contributed by atoms with van der Waals surface area (Å²) in [5.41, 5.74) is 6.99. The van der Waals surface area contributed by atoms with Crippen LogP contribution in [0.4, 0.5) is 16.3 Å². The molecule has 2 aromatic heterocycles. The second-order valence-corrected chi connectivity index (χ2v) is 8.95. The Labute approximate surface area is 216 Å². The normalized spacial score (nSPS) is 15.9. The molecule has 0 bridgehead atoms. The fourth-order valence-corrected chi connectivity index (χ4v) is 4.67. The van der Waals surface area contributed by atoms with Crippen molar-refractivity contribution in [2.45, 2.75) is 31.3 Å². The topological polar surface area (TPSA) is 188 Å². The first-order valence-electron chi connectivity index (χ1n) is 12.0. The molecule has 1 aliphatic heterocycles. The number of primary amides is 1. The molecule has 4 aromatic rings. The van der Waals surface area contributed by atoms with Crippen molar-refractivity contribution in [2.24, 2.45) is 5.73 Å². The van der Waals surface area contributed by atoms with Gasteiger partial charge >= 0.3 is 6.09 Å². The van der Waals surface area contributed by atoms with Gasteiger partial charge in [-0.05, 0) is 36.4 Å². The van der Waals surface area contributed by atoms with E-state index in [0.29, 0.717) is 23.7 Å². The Balaban J connectivity index is 1.33. The van der Waals surface area contributed by atoms with Crippen molar-refractivity contribution in [1.82, 2.24) is 25.3 Å². The molecule has 2 atom stereocenters. The highest BCUT2D eigenvalue weighted by atomic mass is 16.5. The number of carboxylic acid groups (broad SMARTS) is 1. The number of carbonyl (C=O) groups excluding carboxylic acids is 2. The first-order valence-corrected chi connectivity index (χ1v) is 12.0. The van der Waals surface area contributed by atoms with Crippen molar-refractivity contribution >= 4 is 51.3 Å². The molecule has 6 N–H and O–H groups in total. The third-order valence-corrected chi connectivity index (χ3v) is 6.41. The molecule has 0 radical (unpaired) electrons. The average Bonchev–Trinajstić information content (AvgIpc) is 3.56. The predicted molar refractivity (Wildman–Crippen MR) is 139 cm³/mol. The summed E-state index contributed by atoms with van der Waals surface area (Å²) >= 11 is 0. The number of nitrogens with two attached hydrogens (primary N) is 1. The number of ether oxygens (including phenoxy) is 1. The molecular formula is C25H26N8O5. The number of fused-ring (bicyclic) bond motifs is 2. The van der Waals surface area contributed by atoms with Crippen LogP contribution in [0.15, 0.2) is 49.1 Å². The van der Waals surface area contributed by atoms with Crippen molar-refractivity contribution < 1.29 is 24.2 Å². The lowest BCUT2D eigenvalue weighted by Crippen LogP contribution is -2.45. The number of imidazole rings is 1. The number of amides is 3. The van der Waals surface area contributed by atoms with E-state index < -0.39 is 30.4 Å². The lowest BCUT2D eigenvalue weighted by molar-refractivity contribution is -0.123. The summed E-state index contributed by atoms with van der Waals surface area (Å²) in [6.45, 7) is 1.24. The molecule has 196 valence electrons. The van der Waals surface area contributed by atoms with Gasteiger partial charge in [-0.3, -0.25) is 9.59 Å². The minimum absolute atomic E-state index is 0.0830. The van der Waals surface area contributed by atoms with Crippen LogP contribution >= 0.6 is 0 Å². The van der Waals surface area contributed by atoms with Crippen LogP contribution in [0.1, 0.15) is 19.3 Å². The van der Waals surface area contributed by atoms with Gasteiger partial charge in [-0.1, -0.05) is 18.2 Å². The van der Waals surface area contributed by atoms with Crippen molar-refractivity contribution in [2.75, 3.05) is 23.4 Å². The van der Waals surface area contributed by atoms with Gasteiger partial charge in [0.25, 0.3) is 0 Å². The lowest BCUT2D eigenvalue weighted by Gasteiger charge is -2.26. The highest BCUT2D eigenvalue weighted by molar-refractivity contribution is 6.01. The molecule has 38 heavy (non-hydrogen) atoms. The maximum atomic E-state index is 12.6. The van der Waals surface area contributed by atoms with E-state index in [-0.39, 0.29) is 6.04 Å². The standard InChI is InChI=1S/C25H26N8O5/c26-20(34)10-18(32-25(36)37)24(35)31-15-7-6-14-3-1-5-19(17(14)9-15)38-11-16-4-2-8-33(16)23-21-22(28-12-27-21)29-13-30-23/h1,3,5-7,9,12-13,16,18,32H,2,4,8,10-11H2,(H2,26,34)(H,31,35)(H,36,37)(H,27,28,29,30)/t16-,18-/m1/s1. The molecule has 13 nitrogen and oxygen atoms in total. The zero-order chi connectivity index (χ0) is 26.6. The summed E-state index contributed by atoms with van der Waals surface area (Å²) in [7, 11) is 0. The van der Waals surface area contributed by atoms with Crippen LogP contribution in [0.5, 0.6) is 5.75 Å². The minimum Gasteiger partial charge on any atom is -0.491 e. The monoisotopic (exact) mass is 518 g/mol. The zero-order valence-electron chi connectivity index (χ0n) is 20.3. The number of aromatic amines is 1. The first-order chi connectivity index (χ1) is 18.4. The molecule has 1 saturated heterocycles. The van der Waals surface area contributed by atoms with E-state index >= 15 is 0 Å². The maximum absolute atomic E-state index is 12.6. The fourth-order valence-electron chi connectivity index (χ4n) is 4.67. The lowest BCUT2D eigenvalue weighted by atomic mass is 10.1. The maximum Gasteiger partial charge on any atom is 0.405 e. The van der Waals surface area contributed by atoms with Crippen LogP contribution in [0, 0.1) is 0 Å². The van der Waals surface area contributed by atoms with Crippen LogP contribution in [0.3, 0.4) is 0 Å². The van der Waals surface area contributed by atoms with Crippen molar-refractivity contribution in [3.05, 3.63) is 49.1 Å². The van der Waals surface area contributed by atoms with Gasteiger partial charge in [-0.2, -0.15) is 0 Å². The van der Waals surface area contributed by atoms with E-state index in [1.54, 1.807) is 18.5 Å². The molecular weight excluding hydrogens is 492 g/mol. The molecule has 13 heteroatoms. The third-order valence-electron chi connectivity index (χ3n) is 6.41. The predicted octanol–water partition coefficient (Wildman–Crippen LogP) is 2.00. The van der Waals surface area contributed by atoms with Gasteiger partial charge in [0, 0.05) is 17.6 Å². The zero-order valence-corrected chi connectivity index (χ0v) is 20.3. The molecule has 0 unspecified atom stereocenters. The van der Waals surface area contributed by atoms with Crippen molar-refractivity contribution in [1.29, 1.82) is 0 Å². The number of nitrogens with one attached hydrogen (secondary N) is 3. The smallest absolute Gasteiger partial charge is 0.405 e. The van der Waals surface area contributed by atoms with E-state index in [0.717, 1.165) is 41.5 Å². The Bertz CT molecular complexity index is 1490. The SMILES string of the molecule is NC(=O)C[C@@H](NC(=O)O)C(=O)Nc1ccc2cccc(OC[C@H]3CCCN3c3ncnc4[nH]cnc34)c2c1. The van der Waals surface area contributed by atoms with Crippen molar-refractivity contribution in [3.8, 4) is 5.75 Å². The van der Waals surface area contributed by atoms with Gasteiger partial charge in [-0.15, -0.1) is 0 Å². The van der Waals surface area contributed by atoms with Gasteiger partial charge in [0.1, 0.15) is 30.2 Å². The summed E-state index contributed by atoms with van der Waals surface area (Å²) in [5.74, 6) is -0.0923. The fraction of sp³-hybridized carbons (Fsp3) is 0.280. The summed E-state index contributed by atoms with van der Waals surface area (Å²) in [6, 6.07) is 9.69. The molecule has 0 saturated carbocycles. The van der Waals surface area contributed by atoms with Gasteiger partial charge in [0.15, 0.2) is 11.5 Å². The summed E-state index contributed by atoms with van der Waals surface area (Å²) in [4.78, 5) is 53.2. The quantitative estimate of drug-likeness (QED) is 0.221. The second-order valence-electron chi connectivity index (χ2n) is 8.95. The van der Waals surface area contributed by atoms with Crippen LogP contribution < -0.4 is 26.0 Å². The second kappa shape index (κ2) is 10.6. The average molecular weight is 519 g/mol. The van der Waals surface area contributed by atoms with E-state index in [9.17, 15) is 14.4 Å². The molecule has 0 aliphatic carbocycles. The summed E-state index contributed by atoms with van der Waals surface area (Å²) < 4.78 is 6.28. The number of rotatable bonds is 9. The van der Waals surface area contributed by atoms with Gasteiger partial charge in [0.2, 0.25) is 11.8 Å². The first kappa shape index (κ1) is 24.7. The Morgan fingerprint density at radius 3 is 2.89 bits per heavy atom. The van der Waals surface area contributed by atoms with E-state index in [1.807, 2.05) is 29.6 Å². The van der Waals surface area contributed by atoms with Crippen LogP contribution in [0.2, 0.25) is 0 Å². The Hall–Kier alpha value is -4.94. The third kappa shape index (κ3) is 5.26. The highest BCUT2D eigenvalue weighted by Crippen LogP contribution is 2.31. The van der Waals surface area contributed by atoms with Gasteiger partial charge < -0.3 is 36.1 Å². The molecule has 0 spiro atoms. The molecule has 3 amide bonds. The molecule has 1 aliphatic rings. The van der Waals surface area contributed by atoms with Crippen LogP contribution in [0.25, 0.3) is 21.9 Å². The van der Waals surface area contributed by atoms with Crippen molar-refractivity contribution in [3.63, 3.8) is 0 Å². The number of aromatic nitrogens is 4. The minimum atomic E-state index is -1.43. The van der Waals surface area contributed by atoms with E-state index in [1.165, 1.54) is 6.33 Å². The van der Waals surface area contributed by atoms with Gasteiger partial charge in [-0.25, -0.2) is 19.7 Å². The molecule has 5 rings (SSSR count). The number of anilines is 2. The Kier molecular flexibility index (Phi) is 6.89. The Morgan fingerprint density at radius 2 is 2.08 bits per heavy atom. The molecule has 3 heterocycles. The molecule has 2 aromatic carbocycles. The number of nitrogens with zero attached hydrogens (tertiary/aromatic N) is 4. The highest BCUT2D eigenvalue weighted by Gasteiger charge is 2.29. The van der Waals surface area contributed by atoms with E-state index in [2.05, 4.69) is 30.2 Å². The molecule has 1 fully saturated rings. The number of hydrogen-bond acceptors (Lipinski definition) is 8.